The van der Waals surface area contributed by atoms with Crippen LogP contribution in [-0.2, 0) is 4.74 Å². The highest BCUT2D eigenvalue weighted by molar-refractivity contribution is 5.90. The third kappa shape index (κ3) is 3.76. The number of anilines is 1. The molecule has 0 spiro atoms. The molecule has 0 radical (unpaired) electrons. The largest absolute Gasteiger partial charge is 0.465 e. The second kappa shape index (κ2) is 6.94. The Labute approximate surface area is 126 Å². The molecule has 21 heavy (non-hydrogen) atoms. The summed E-state index contributed by atoms with van der Waals surface area (Å²) in [6, 6.07) is 5.52. The van der Waals surface area contributed by atoms with Crippen molar-refractivity contribution in [1.82, 2.24) is 0 Å². The van der Waals surface area contributed by atoms with Crippen LogP contribution in [0.4, 0.5) is 5.69 Å². The van der Waals surface area contributed by atoms with E-state index < -0.39 is 0 Å². The average Bonchev–Trinajstić information content (AvgIpc) is 2.54. The standard InChI is InChI=1S/C17H25NO3/c1-13-6-7-14(16(20)21-2)10-15(13)18-11-17(12-19)8-4-3-5-9-17/h6-7,10,18-19H,3-5,8-9,11-12H2,1-2H3. The molecule has 1 fully saturated rings. The van der Waals surface area contributed by atoms with Crippen LogP contribution in [0.2, 0.25) is 0 Å². The topological polar surface area (TPSA) is 58.6 Å². The molecular formula is C17H25NO3. The van der Waals surface area contributed by atoms with Gasteiger partial charge in [-0.1, -0.05) is 25.3 Å². The van der Waals surface area contributed by atoms with Crippen LogP contribution in [-0.4, -0.2) is 31.3 Å². The molecule has 2 rings (SSSR count). The van der Waals surface area contributed by atoms with Crippen LogP contribution < -0.4 is 5.32 Å². The number of nitrogens with one attached hydrogen (secondary N) is 1. The van der Waals surface area contributed by atoms with Crippen LogP contribution in [0.1, 0.15) is 48.0 Å². The number of ether oxygens (including phenoxy) is 1. The SMILES string of the molecule is COC(=O)c1ccc(C)c(NCC2(CO)CCCCC2)c1. The summed E-state index contributed by atoms with van der Waals surface area (Å²) in [5, 5.41) is 13.2. The smallest absolute Gasteiger partial charge is 0.337 e. The highest BCUT2D eigenvalue weighted by Gasteiger charge is 2.31. The van der Waals surface area contributed by atoms with Crippen molar-refractivity contribution in [2.24, 2.45) is 5.41 Å². The fourth-order valence-corrected chi connectivity index (χ4v) is 3.03. The summed E-state index contributed by atoms with van der Waals surface area (Å²) in [6.07, 6.45) is 5.75. The predicted octanol–water partition coefficient (Wildman–Crippen LogP) is 3.14. The van der Waals surface area contributed by atoms with Gasteiger partial charge in [0, 0.05) is 17.6 Å². The maximum Gasteiger partial charge on any atom is 0.337 e. The number of rotatable bonds is 5. The van der Waals surface area contributed by atoms with Crippen LogP contribution in [0, 0.1) is 12.3 Å². The van der Waals surface area contributed by atoms with Crippen LogP contribution in [0.5, 0.6) is 0 Å². The van der Waals surface area contributed by atoms with E-state index in [1.165, 1.54) is 26.4 Å². The summed E-state index contributed by atoms with van der Waals surface area (Å²) >= 11 is 0. The molecule has 1 aliphatic rings. The third-order valence-corrected chi connectivity index (χ3v) is 4.56. The Bertz CT molecular complexity index is 493. The molecule has 1 aromatic rings. The number of carbonyl (C=O) groups excluding carboxylic acids is 1. The van der Waals surface area contributed by atoms with Crippen molar-refractivity contribution < 1.29 is 14.6 Å². The van der Waals surface area contributed by atoms with Crippen molar-refractivity contribution in [3.63, 3.8) is 0 Å². The molecular weight excluding hydrogens is 266 g/mol. The van der Waals surface area contributed by atoms with Gasteiger partial charge in [-0.05, 0) is 37.5 Å². The Hall–Kier alpha value is -1.55. The minimum atomic E-state index is -0.326. The Kier molecular flexibility index (Phi) is 5.23. The fourth-order valence-electron chi connectivity index (χ4n) is 3.03. The van der Waals surface area contributed by atoms with E-state index in [4.69, 9.17) is 4.74 Å². The molecule has 0 amide bonds. The zero-order valence-corrected chi connectivity index (χ0v) is 12.9. The number of hydrogen-bond acceptors (Lipinski definition) is 4. The monoisotopic (exact) mass is 291 g/mol. The second-order valence-electron chi connectivity index (χ2n) is 6.09. The number of benzene rings is 1. The lowest BCUT2D eigenvalue weighted by atomic mass is 9.74. The van der Waals surface area contributed by atoms with E-state index in [0.29, 0.717) is 5.56 Å². The maximum atomic E-state index is 11.6. The molecule has 1 aliphatic carbocycles. The Balaban J connectivity index is 2.09. The molecule has 0 aliphatic heterocycles. The molecule has 0 atom stereocenters. The Morgan fingerprint density at radius 1 is 1.33 bits per heavy atom. The summed E-state index contributed by atoms with van der Waals surface area (Å²) in [6.45, 7) is 2.97. The molecule has 1 saturated carbocycles. The molecule has 0 unspecified atom stereocenters. The number of aliphatic hydroxyl groups is 1. The average molecular weight is 291 g/mol. The number of esters is 1. The number of methoxy groups -OCH3 is 1. The van der Waals surface area contributed by atoms with Crippen molar-refractivity contribution in [2.75, 3.05) is 25.6 Å². The molecule has 4 heteroatoms. The quantitative estimate of drug-likeness (QED) is 0.818. The molecule has 0 bridgehead atoms. The number of hydrogen-bond donors (Lipinski definition) is 2. The summed E-state index contributed by atoms with van der Waals surface area (Å²) in [7, 11) is 1.39. The minimum Gasteiger partial charge on any atom is -0.465 e. The van der Waals surface area contributed by atoms with Gasteiger partial charge in [0.2, 0.25) is 0 Å². The van der Waals surface area contributed by atoms with Crippen LogP contribution in [0.25, 0.3) is 0 Å². The van der Waals surface area contributed by atoms with Crippen molar-refractivity contribution >= 4 is 11.7 Å². The van der Waals surface area contributed by atoms with Crippen molar-refractivity contribution in [1.29, 1.82) is 0 Å². The molecule has 0 aromatic heterocycles. The lowest BCUT2D eigenvalue weighted by Gasteiger charge is -2.36. The lowest BCUT2D eigenvalue weighted by Crippen LogP contribution is -2.35. The van der Waals surface area contributed by atoms with Gasteiger partial charge in [0.1, 0.15) is 0 Å². The second-order valence-corrected chi connectivity index (χ2v) is 6.09. The van der Waals surface area contributed by atoms with Crippen LogP contribution in [0.3, 0.4) is 0 Å². The van der Waals surface area contributed by atoms with Gasteiger partial charge in [-0.2, -0.15) is 0 Å². The predicted molar refractivity (Wildman–Crippen MR) is 83.6 cm³/mol. The first-order valence-electron chi connectivity index (χ1n) is 7.64. The van der Waals surface area contributed by atoms with E-state index in [9.17, 15) is 9.90 Å². The number of aliphatic hydroxyl groups excluding tert-OH is 1. The van der Waals surface area contributed by atoms with E-state index in [2.05, 4.69) is 5.32 Å². The van der Waals surface area contributed by atoms with Gasteiger partial charge >= 0.3 is 5.97 Å². The van der Waals surface area contributed by atoms with E-state index in [1.54, 1.807) is 6.07 Å². The van der Waals surface area contributed by atoms with Gasteiger partial charge in [0.15, 0.2) is 0 Å². The van der Waals surface area contributed by atoms with Crippen molar-refractivity contribution in [2.45, 2.75) is 39.0 Å². The van der Waals surface area contributed by atoms with Gasteiger partial charge in [-0.15, -0.1) is 0 Å². The van der Waals surface area contributed by atoms with Crippen molar-refractivity contribution in [3.05, 3.63) is 29.3 Å². The van der Waals surface area contributed by atoms with Gasteiger partial charge in [0.25, 0.3) is 0 Å². The maximum absolute atomic E-state index is 11.6. The lowest BCUT2D eigenvalue weighted by molar-refractivity contribution is 0.0600. The summed E-state index contributed by atoms with van der Waals surface area (Å²) < 4.78 is 4.76. The first-order chi connectivity index (χ1) is 10.1. The Morgan fingerprint density at radius 2 is 2.05 bits per heavy atom. The molecule has 1 aromatic carbocycles. The molecule has 4 nitrogen and oxygen atoms in total. The summed E-state index contributed by atoms with van der Waals surface area (Å²) in [4.78, 5) is 11.6. The first kappa shape index (κ1) is 15.8. The van der Waals surface area contributed by atoms with Gasteiger partial charge in [-0.25, -0.2) is 4.79 Å². The van der Waals surface area contributed by atoms with Gasteiger partial charge < -0.3 is 15.2 Å². The van der Waals surface area contributed by atoms with E-state index in [0.717, 1.165) is 30.6 Å². The van der Waals surface area contributed by atoms with Gasteiger partial charge in [0.05, 0.1) is 19.3 Å². The van der Waals surface area contributed by atoms with Crippen LogP contribution in [0.15, 0.2) is 18.2 Å². The molecule has 0 saturated heterocycles. The molecule has 116 valence electrons. The molecule has 2 N–H and O–H groups in total. The molecule has 0 heterocycles. The zero-order valence-electron chi connectivity index (χ0n) is 12.9. The Morgan fingerprint density at radius 3 is 2.67 bits per heavy atom. The highest BCUT2D eigenvalue weighted by atomic mass is 16.5. The van der Waals surface area contributed by atoms with E-state index in [-0.39, 0.29) is 18.0 Å². The van der Waals surface area contributed by atoms with Gasteiger partial charge in [-0.3, -0.25) is 0 Å². The highest BCUT2D eigenvalue weighted by Crippen LogP contribution is 2.36. The fraction of sp³-hybridized carbons (Fsp3) is 0.588. The van der Waals surface area contributed by atoms with E-state index >= 15 is 0 Å². The number of carbonyl (C=O) groups is 1. The van der Waals surface area contributed by atoms with Crippen LogP contribution >= 0.6 is 0 Å². The summed E-state index contributed by atoms with van der Waals surface area (Å²) in [5.74, 6) is -0.326. The number of aryl methyl sites for hydroxylation is 1. The summed E-state index contributed by atoms with van der Waals surface area (Å²) in [5.41, 5.74) is 2.56. The van der Waals surface area contributed by atoms with E-state index in [1.807, 2.05) is 19.1 Å². The van der Waals surface area contributed by atoms with Crippen molar-refractivity contribution in [3.8, 4) is 0 Å². The minimum absolute atomic E-state index is 0.0219. The third-order valence-electron chi connectivity index (χ3n) is 4.56. The zero-order chi connectivity index (χ0) is 15.3. The first-order valence-corrected chi connectivity index (χ1v) is 7.64. The normalized spacial score (nSPS) is 17.3.